The summed E-state index contributed by atoms with van der Waals surface area (Å²) in [6.45, 7) is 7.24. The van der Waals surface area contributed by atoms with Gasteiger partial charge < -0.3 is 4.79 Å². The van der Waals surface area contributed by atoms with Crippen molar-refractivity contribution in [2.24, 2.45) is 17.8 Å². The smallest absolute Gasteiger partial charge is 0.123 e. The molecule has 2 aliphatic carbocycles. The molecule has 2 bridgehead atoms. The van der Waals surface area contributed by atoms with Gasteiger partial charge in [-0.25, -0.2) is 0 Å². The van der Waals surface area contributed by atoms with Crippen molar-refractivity contribution in [3.63, 3.8) is 0 Å². The molecule has 0 radical (unpaired) electrons. The zero-order valence-corrected chi connectivity index (χ0v) is 9.71. The molecule has 0 unspecified atom stereocenters. The molecule has 0 aromatic heterocycles. The van der Waals surface area contributed by atoms with Crippen LogP contribution in [0.15, 0.2) is 11.3 Å². The quantitative estimate of drug-likeness (QED) is 0.488. The lowest BCUT2D eigenvalue weighted by molar-refractivity contribution is -0.111. The minimum Gasteiger partial charge on any atom is -0.303 e. The third-order valence-corrected chi connectivity index (χ3v) is 5.84. The fourth-order valence-corrected chi connectivity index (χ4v) is 5.11. The molecule has 3 atom stereocenters. The molecule has 0 aromatic rings. The van der Waals surface area contributed by atoms with Crippen LogP contribution in [0.25, 0.3) is 0 Å². The highest BCUT2D eigenvalue weighted by molar-refractivity contribution is 6.83. The number of hydrogen-bond acceptors (Lipinski definition) is 1. The number of hydrogen-bond donors (Lipinski definition) is 0. The first-order valence-corrected chi connectivity index (χ1v) is 8.70. The molecule has 1 nitrogen and oxygen atoms in total. The summed E-state index contributed by atoms with van der Waals surface area (Å²) in [7, 11) is -1.07. The van der Waals surface area contributed by atoms with Crippen molar-refractivity contribution in [2.45, 2.75) is 32.5 Å². The molecular weight excluding hydrogens is 176 g/mol. The van der Waals surface area contributed by atoms with Gasteiger partial charge in [0.2, 0.25) is 0 Å². The summed E-state index contributed by atoms with van der Waals surface area (Å²) in [6, 6.07) is 0. The van der Waals surface area contributed by atoms with Gasteiger partial charge in [-0.2, -0.15) is 0 Å². The Bertz CT molecular complexity index is 262. The predicted octanol–water partition coefficient (Wildman–Crippen LogP) is 2.65. The van der Waals surface area contributed by atoms with Gasteiger partial charge in [-0.05, 0) is 24.7 Å². The number of aldehydes is 1. The number of allylic oxidation sites excluding steroid dienone is 2. The Morgan fingerprint density at radius 2 is 2.08 bits per heavy atom. The van der Waals surface area contributed by atoms with E-state index in [1.807, 2.05) is 0 Å². The van der Waals surface area contributed by atoms with Crippen molar-refractivity contribution >= 4 is 14.4 Å². The Kier molecular flexibility index (Phi) is 1.99. The summed E-state index contributed by atoms with van der Waals surface area (Å²) >= 11 is 0. The molecule has 2 aliphatic rings. The maximum Gasteiger partial charge on any atom is 0.123 e. The summed E-state index contributed by atoms with van der Waals surface area (Å²) in [5, 5.41) is 1.73. The first-order valence-electron chi connectivity index (χ1n) is 5.20. The van der Waals surface area contributed by atoms with Crippen LogP contribution >= 0.6 is 0 Å². The summed E-state index contributed by atoms with van der Waals surface area (Å²) in [5.41, 5.74) is 0. The van der Waals surface area contributed by atoms with E-state index in [2.05, 4.69) is 25.7 Å². The average Bonchev–Trinajstić information content (AvgIpc) is 2.59. The van der Waals surface area contributed by atoms with E-state index in [0.29, 0.717) is 11.8 Å². The third-order valence-electron chi connectivity index (χ3n) is 3.54. The second-order valence-electron chi connectivity index (χ2n) is 5.50. The van der Waals surface area contributed by atoms with Gasteiger partial charge in [0, 0.05) is 5.92 Å². The lowest BCUT2D eigenvalue weighted by Crippen LogP contribution is -2.28. The van der Waals surface area contributed by atoms with E-state index in [4.69, 9.17) is 0 Å². The van der Waals surface area contributed by atoms with Crippen LogP contribution < -0.4 is 0 Å². The fourth-order valence-electron chi connectivity index (χ4n) is 2.93. The summed E-state index contributed by atoms with van der Waals surface area (Å²) in [6.07, 6.45) is 6.01. The van der Waals surface area contributed by atoms with Crippen LogP contribution in [0.5, 0.6) is 0 Å². The zero-order chi connectivity index (χ0) is 9.64. The van der Waals surface area contributed by atoms with Crippen LogP contribution in [-0.4, -0.2) is 14.4 Å². The van der Waals surface area contributed by atoms with Gasteiger partial charge in [-0.3, -0.25) is 0 Å². The largest absolute Gasteiger partial charge is 0.303 e. The molecule has 72 valence electrons. The lowest BCUT2D eigenvalue weighted by Gasteiger charge is -2.26. The average molecular weight is 194 g/mol. The van der Waals surface area contributed by atoms with Gasteiger partial charge in [0.1, 0.15) is 6.29 Å². The number of carbonyl (C=O) groups is 1. The molecule has 0 saturated heterocycles. The second kappa shape index (κ2) is 2.81. The highest BCUT2D eigenvalue weighted by Crippen LogP contribution is 2.49. The molecule has 2 heteroatoms. The van der Waals surface area contributed by atoms with Gasteiger partial charge in [-0.1, -0.05) is 30.9 Å². The first kappa shape index (κ1) is 9.19. The summed E-state index contributed by atoms with van der Waals surface area (Å²) < 4.78 is 0. The van der Waals surface area contributed by atoms with Gasteiger partial charge in [0.25, 0.3) is 0 Å². The highest BCUT2D eigenvalue weighted by atomic mass is 28.3. The van der Waals surface area contributed by atoms with Crippen LogP contribution in [-0.2, 0) is 4.79 Å². The third kappa shape index (κ3) is 1.41. The monoisotopic (exact) mass is 194 g/mol. The molecule has 0 heterocycles. The van der Waals surface area contributed by atoms with Crippen molar-refractivity contribution in [1.82, 2.24) is 0 Å². The first-order chi connectivity index (χ1) is 6.02. The van der Waals surface area contributed by atoms with Gasteiger partial charge in [-0.15, -0.1) is 0 Å². The second-order valence-corrected chi connectivity index (χ2v) is 10.6. The Morgan fingerprint density at radius 1 is 1.38 bits per heavy atom. The van der Waals surface area contributed by atoms with Crippen molar-refractivity contribution in [3.05, 3.63) is 11.3 Å². The number of carbonyl (C=O) groups excluding carboxylic acids is 1. The van der Waals surface area contributed by atoms with Gasteiger partial charge >= 0.3 is 0 Å². The van der Waals surface area contributed by atoms with Gasteiger partial charge in [0.05, 0.1) is 8.07 Å². The normalized spacial score (nSPS) is 37.8. The lowest BCUT2D eigenvalue weighted by atomic mass is 9.95. The molecule has 0 aromatic carbocycles. The van der Waals surface area contributed by atoms with Crippen molar-refractivity contribution in [2.75, 3.05) is 0 Å². The Labute approximate surface area is 81.2 Å². The Balaban J connectivity index is 2.21. The van der Waals surface area contributed by atoms with E-state index < -0.39 is 8.07 Å². The van der Waals surface area contributed by atoms with Crippen molar-refractivity contribution in [1.29, 1.82) is 0 Å². The molecule has 0 aliphatic heterocycles. The minimum absolute atomic E-state index is 0.352. The molecule has 2 rings (SSSR count). The predicted molar refractivity (Wildman–Crippen MR) is 57.2 cm³/mol. The van der Waals surface area contributed by atoms with E-state index in [1.54, 1.807) is 5.20 Å². The molecule has 1 fully saturated rings. The topological polar surface area (TPSA) is 17.1 Å². The molecule has 1 saturated carbocycles. The van der Waals surface area contributed by atoms with E-state index in [1.165, 1.54) is 12.7 Å². The maximum atomic E-state index is 10.7. The van der Waals surface area contributed by atoms with E-state index in [0.717, 1.165) is 12.3 Å². The van der Waals surface area contributed by atoms with Crippen LogP contribution in [0.3, 0.4) is 0 Å². The zero-order valence-electron chi connectivity index (χ0n) is 8.71. The molecule has 0 spiro atoms. The minimum atomic E-state index is -1.07. The van der Waals surface area contributed by atoms with Crippen molar-refractivity contribution in [3.8, 4) is 0 Å². The number of fused-ring (bicyclic) bond motifs is 2. The van der Waals surface area contributed by atoms with Crippen LogP contribution in [0.2, 0.25) is 19.6 Å². The number of rotatable bonds is 2. The van der Waals surface area contributed by atoms with Gasteiger partial charge in [0.15, 0.2) is 0 Å². The highest BCUT2D eigenvalue weighted by Gasteiger charge is 2.43. The molecular formula is C11H18OSi. The Morgan fingerprint density at radius 3 is 2.46 bits per heavy atom. The maximum absolute atomic E-state index is 10.7. The summed E-state index contributed by atoms with van der Waals surface area (Å²) in [4.78, 5) is 10.7. The fraction of sp³-hybridized carbons (Fsp3) is 0.727. The molecule has 0 amide bonds. The SMILES string of the molecule is C[Si](C)(C)C1=C[C@H]2C[C@H]1C[C@H]2C=O. The molecule has 0 N–H and O–H groups in total. The van der Waals surface area contributed by atoms with Crippen LogP contribution in [0.1, 0.15) is 12.8 Å². The van der Waals surface area contributed by atoms with E-state index >= 15 is 0 Å². The molecule has 13 heavy (non-hydrogen) atoms. The standard InChI is InChI=1S/C11H18OSi/c1-13(2,3)11-6-8-4-9(11)5-10(8)7-12/h6-10H,4-5H2,1-3H3/t8-,9+,10+/m1/s1. The van der Waals surface area contributed by atoms with E-state index in [9.17, 15) is 4.79 Å². The van der Waals surface area contributed by atoms with Crippen LogP contribution in [0.4, 0.5) is 0 Å². The Hall–Kier alpha value is -0.373. The van der Waals surface area contributed by atoms with E-state index in [-0.39, 0.29) is 0 Å². The van der Waals surface area contributed by atoms with Crippen molar-refractivity contribution < 1.29 is 4.79 Å². The summed E-state index contributed by atoms with van der Waals surface area (Å²) in [5.74, 6) is 1.72. The van der Waals surface area contributed by atoms with Crippen LogP contribution in [0, 0.1) is 17.8 Å².